The number of carbonyl (C=O) groups excluding carboxylic acids is 1. The van der Waals surface area contributed by atoms with Gasteiger partial charge in [0, 0.05) is 33.0 Å². The zero-order valence-electron chi connectivity index (χ0n) is 19.9. The first kappa shape index (κ1) is 27.8. The van der Waals surface area contributed by atoms with Crippen molar-refractivity contribution in [2.45, 2.75) is 77.0 Å². The number of urea groups is 1. The van der Waals surface area contributed by atoms with Gasteiger partial charge in [-0.25, -0.2) is 31.9 Å². The second kappa shape index (κ2) is 12.3. The van der Waals surface area contributed by atoms with Gasteiger partial charge < -0.3 is 20.7 Å². The van der Waals surface area contributed by atoms with Crippen molar-refractivity contribution < 1.29 is 27.1 Å². The van der Waals surface area contributed by atoms with Gasteiger partial charge in [-0.1, -0.05) is 6.42 Å². The normalized spacial score (nSPS) is 19.1. The number of fused-ring (bicyclic) bond motifs is 1. The van der Waals surface area contributed by atoms with Crippen molar-refractivity contribution in [2.24, 2.45) is 5.73 Å². The number of imidazole rings is 1. The van der Waals surface area contributed by atoms with Crippen LogP contribution in [0.25, 0.3) is 5.65 Å². The van der Waals surface area contributed by atoms with E-state index in [1.807, 2.05) is 13.8 Å². The van der Waals surface area contributed by atoms with Crippen LogP contribution in [0.1, 0.15) is 57.2 Å². The van der Waals surface area contributed by atoms with Crippen LogP contribution in [-0.2, 0) is 17.8 Å². The summed E-state index contributed by atoms with van der Waals surface area (Å²) in [5.74, 6) is -5.25. The number of amides is 2. The molecule has 0 radical (unpaired) electrons. The molecule has 0 spiro atoms. The number of alkyl halides is 4. The number of nitrogens with two attached hydrogens (primary N) is 1. The van der Waals surface area contributed by atoms with Gasteiger partial charge in [0.25, 0.3) is 5.92 Å². The smallest absolute Gasteiger partial charge is 0.318 e. The summed E-state index contributed by atoms with van der Waals surface area (Å²) in [6.07, 6.45) is 6.26. The van der Waals surface area contributed by atoms with Gasteiger partial charge in [-0.05, 0) is 38.3 Å². The van der Waals surface area contributed by atoms with E-state index < -0.39 is 31.0 Å². The lowest BCUT2D eigenvalue weighted by Gasteiger charge is -2.32. The molecule has 4 rings (SSSR count). The summed E-state index contributed by atoms with van der Waals surface area (Å²) in [5.41, 5.74) is 7.38. The first-order chi connectivity index (χ1) is 15.9. The molecule has 0 aromatic carbocycles. The Morgan fingerprint density at radius 3 is 2.35 bits per heavy atom. The summed E-state index contributed by atoms with van der Waals surface area (Å²) in [5, 5.41) is 6.30. The summed E-state index contributed by atoms with van der Waals surface area (Å²) in [7, 11) is 1.70. The highest BCUT2D eigenvalue weighted by molar-refractivity contribution is 5.75. The maximum atomic E-state index is 13.3. The molecule has 1 aliphatic carbocycles. The third kappa shape index (κ3) is 9.05. The number of nitrogens with one attached hydrogen (secondary N) is 1. The molecule has 1 saturated heterocycles. The zero-order chi connectivity index (χ0) is 25.4. The maximum Gasteiger partial charge on any atom is 0.318 e. The van der Waals surface area contributed by atoms with Crippen LogP contribution in [0.3, 0.4) is 0 Å². The van der Waals surface area contributed by atoms with Crippen molar-refractivity contribution in [2.75, 3.05) is 20.2 Å². The van der Waals surface area contributed by atoms with E-state index in [0.717, 1.165) is 11.3 Å². The van der Waals surface area contributed by atoms with Crippen molar-refractivity contribution in [3.05, 3.63) is 29.7 Å². The molecule has 8 nitrogen and oxygen atoms in total. The van der Waals surface area contributed by atoms with Gasteiger partial charge in [-0.15, -0.1) is 0 Å². The Bertz CT molecular complexity index is 914. The van der Waals surface area contributed by atoms with Crippen LogP contribution >= 0.6 is 0 Å². The predicted octanol–water partition coefficient (Wildman–Crippen LogP) is 3.98. The van der Waals surface area contributed by atoms with Crippen LogP contribution in [0.15, 0.2) is 18.5 Å². The van der Waals surface area contributed by atoms with Crippen molar-refractivity contribution in [3.8, 4) is 0 Å². The lowest BCUT2D eigenvalue weighted by molar-refractivity contribution is -0.0368. The van der Waals surface area contributed by atoms with Gasteiger partial charge in [0.1, 0.15) is 0 Å². The van der Waals surface area contributed by atoms with Crippen LogP contribution in [0, 0.1) is 0 Å². The molecule has 3 N–H and O–H groups in total. The number of halogens is 4. The topological polar surface area (TPSA) is 97.8 Å². The molecule has 12 heteroatoms. The Morgan fingerprint density at radius 2 is 1.82 bits per heavy atom. The number of carbonyl (C=O) groups is 1. The third-order valence-corrected chi connectivity index (χ3v) is 5.27. The number of rotatable bonds is 4. The molecule has 1 aliphatic heterocycles. The largest absolute Gasteiger partial charge is 0.382 e. The minimum Gasteiger partial charge on any atom is -0.382 e. The zero-order valence-corrected chi connectivity index (χ0v) is 19.9. The van der Waals surface area contributed by atoms with E-state index in [9.17, 15) is 22.4 Å². The highest BCUT2D eigenvalue weighted by Crippen LogP contribution is 2.32. The summed E-state index contributed by atoms with van der Waals surface area (Å²) in [6, 6.07) is 1.19. The molecule has 2 fully saturated rings. The fourth-order valence-corrected chi connectivity index (χ4v) is 3.29. The van der Waals surface area contributed by atoms with Gasteiger partial charge in [-0.2, -0.15) is 5.10 Å². The predicted molar refractivity (Wildman–Crippen MR) is 120 cm³/mol. The molecule has 2 amide bonds. The number of hydrogen-bond acceptors (Lipinski definition) is 5. The number of ether oxygens (including phenoxy) is 1. The second-order valence-electron chi connectivity index (χ2n) is 8.67. The standard InChI is InChI=1S/C12H14F2N6O.C6H10F2.C4H10O/c13-12(14)6-16-11(21)19(7-12)4-8-1-10-18-9(2-15)5-20(10)17-3-8;7-6(8)4-2-1-3-5-6;1-4(2)5-3/h1,3,5H,2,4,6-7,15H2,(H,16,21);1-5H2;4H,1-3H3. The van der Waals surface area contributed by atoms with Gasteiger partial charge in [0.15, 0.2) is 5.65 Å². The molecule has 1 saturated carbocycles. The van der Waals surface area contributed by atoms with Crippen LogP contribution < -0.4 is 11.1 Å². The summed E-state index contributed by atoms with van der Waals surface area (Å²) < 4.78 is 57.4. The molecule has 0 bridgehead atoms. The van der Waals surface area contributed by atoms with E-state index in [-0.39, 0.29) is 19.4 Å². The summed E-state index contributed by atoms with van der Waals surface area (Å²) >= 11 is 0. The average molecular weight is 491 g/mol. The van der Waals surface area contributed by atoms with E-state index in [1.54, 1.807) is 23.9 Å². The minimum atomic E-state index is -2.93. The molecule has 0 unspecified atom stereocenters. The Balaban J connectivity index is 0.000000258. The molecular weight excluding hydrogens is 456 g/mol. The van der Waals surface area contributed by atoms with E-state index in [0.29, 0.717) is 42.4 Å². The third-order valence-electron chi connectivity index (χ3n) is 5.27. The fraction of sp³-hybridized carbons (Fsp3) is 0.682. The first-order valence-corrected chi connectivity index (χ1v) is 11.3. The van der Waals surface area contributed by atoms with E-state index in [4.69, 9.17) is 10.5 Å². The summed E-state index contributed by atoms with van der Waals surface area (Å²) in [4.78, 5) is 16.9. The second-order valence-corrected chi connectivity index (χ2v) is 8.67. The molecule has 192 valence electrons. The monoisotopic (exact) mass is 490 g/mol. The van der Waals surface area contributed by atoms with Gasteiger partial charge >= 0.3 is 6.03 Å². The molecule has 34 heavy (non-hydrogen) atoms. The highest BCUT2D eigenvalue weighted by Gasteiger charge is 2.38. The van der Waals surface area contributed by atoms with E-state index in [2.05, 4.69) is 15.4 Å². The van der Waals surface area contributed by atoms with Gasteiger partial charge in [0.05, 0.1) is 37.3 Å². The van der Waals surface area contributed by atoms with Crippen molar-refractivity contribution >= 4 is 11.7 Å². The van der Waals surface area contributed by atoms with Crippen LogP contribution in [0.5, 0.6) is 0 Å². The van der Waals surface area contributed by atoms with Crippen molar-refractivity contribution in [1.29, 1.82) is 0 Å². The number of hydrogen-bond donors (Lipinski definition) is 2. The van der Waals surface area contributed by atoms with Crippen LogP contribution in [-0.4, -0.2) is 63.7 Å². The Labute approximate surface area is 196 Å². The first-order valence-electron chi connectivity index (χ1n) is 11.3. The van der Waals surface area contributed by atoms with Crippen molar-refractivity contribution in [1.82, 2.24) is 24.8 Å². The van der Waals surface area contributed by atoms with Crippen LogP contribution in [0.2, 0.25) is 0 Å². The quantitative estimate of drug-likeness (QED) is 0.632. The Hall–Kier alpha value is -2.47. The van der Waals surface area contributed by atoms with Crippen LogP contribution in [0.4, 0.5) is 22.4 Å². The SMILES string of the molecule is COC(C)C.FC1(F)CCCCC1.NCc1cn2ncc(CN3CC(F)(F)CNC3=O)cc2n1. The van der Waals surface area contributed by atoms with Gasteiger partial charge in [-0.3, -0.25) is 0 Å². The lowest BCUT2D eigenvalue weighted by Crippen LogP contribution is -2.56. The molecule has 3 heterocycles. The lowest BCUT2D eigenvalue weighted by atomic mass is 9.97. The summed E-state index contributed by atoms with van der Waals surface area (Å²) in [6.45, 7) is 3.11. The Morgan fingerprint density at radius 1 is 1.18 bits per heavy atom. The average Bonchev–Trinajstić information content (AvgIpc) is 3.19. The molecule has 2 aliphatic rings. The van der Waals surface area contributed by atoms with Gasteiger partial charge in [0.2, 0.25) is 5.92 Å². The van der Waals surface area contributed by atoms with E-state index in [1.165, 1.54) is 6.20 Å². The molecule has 2 aromatic rings. The van der Waals surface area contributed by atoms with E-state index >= 15 is 0 Å². The maximum absolute atomic E-state index is 13.3. The van der Waals surface area contributed by atoms with Crippen molar-refractivity contribution in [3.63, 3.8) is 0 Å². The number of methoxy groups -OCH3 is 1. The molecule has 2 aromatic heterocycles. The number of aromatic nitrogens is 3. The number of nitrogens with zero attached hydrogens (tertiary/aromatic N) is 4. The highest BCUT2D eigenvalue weighted by atomic mass is 19.3. The fourth-order valence-electron chi connectivity index (χ4n) is 3.29. The Kier molecular flexibility index (Phi) is 10.0. The molecular formula is C22H34F4N6O2. The molecule has 0 atom stereocenters. The minimum absolute atomic E-state index is 0.0513.